The molecule has 0 spiro atoms. The minimum atomic E-state index is -2.18. The predicted octanol–water partition coefficient (Wildman–Crippen LogP) is -4.70. The molecule has 0 aliphatic carbocycles. The summed E-state index contributed by atoms with van der Waals surface area (Å²) < 4.78 is 11.0. The summed E-state index contributed by atoms with van der Waals surface area (Å²) in [6.07, 6.45) is -13.8. The Kier molecular flexibility index (Phi) is 7.95. The lowest BCUT2D eigenvalue weighted by atomic mass is 9.84. The third-order valence-electron chi connectivity index (χ3n) is 5.41. The first kappa shape index (κ1) is 24.3. The van der Waals surface area contributed by atoms with E-state index in [1.807, 2.05) is 0 Å². The molecule has 12 heteroatoms. The summed E-state index contributed by atoms with van der Waals surface area (Å²) in [5, 5.41) is 82.8. The first-order valence-electron chi connectivity index (χ1n) is 9.42. The highest BCUT2D eigenvalue weighted by molar-refractivity contribution is 5.73. The van der Waals surface area contributed by atoms with Crippen molar-refractivity contribution in [3.8, 4) is 0 Å². The molecular formula is C17H31NO11. The fourth-order valence-electron chi connectivity index (χ4n) is 3.82. The van der Waals surface area contributed by atoms with Gasteiger partial charge in [-0.05, 0) is 6.92 Å². The minimum absolute atomic E-state index is 0.448. The summed E-state index contributed by atoms with van der Waals surface area (Å²) in [6.45, 7) is 1.79. The van der Waals surface area contributed by atoms with Crippen molar-refractivity contribution in [3.63, 3.8) is 0 Å². The number of rotatable bonds is 6. The Morgan fingerprint density at radius 2 is 1.79 bits per heavy atom. The Labute approximate surface area is 167 Å². The van der Waals surface area contributed by atoms with E-state index in [0.717, 1.165) is 0 Å². The van der Waals surface area contributed by atoms with Crippen molar-refractivity contribution in [3.05, 3.63) is 0 Å². The van der Waals surface area contributed by atoms with E-state index in [-0.39, 0.29) is 0 Å². The zero-order chi connectivity index (χ0) is 22.1. The molecule has 2 heterocycles. The average molecular weight is 425 g/mol. The predicted molar refractivity (Wildman–Crippen MR) is 94.1 cm³/mol. The molecular weight excluding hydrogens is 394 g/mol. The zero-order valence-electron chi connectivity index (χ0n) is 16.2. The molecule has 9 N–H and O–H groups in total. The molecule has 1 amide bonds. The van der Waals surface area contributed by atoms with Crippen LogP contribution in [-0.2, 0) is 14.3 Å². The van der Waals surface area contributed by atoms with Gasteiger partial charge in [-0.1, -0.05) is 0 Å². The van der Waals surface area contributed by atoms with Gasteiger partial charge in [0, 0.05) is 19.8 Å². The molecule has 170 valence electrons. The maximum atomic E-state index is 11.5. The summed E-state index contributed by atoms with van der Waals surface area (Å²) >= 11 is 0. The second-order valence-corrected chi connectivity index (χ2v) is 7.82. The Bertz CT molecular complexity index is 565. The average Bonchev–Trinajstić information content (AvgIpc) is 2.64. The van der Waals surface area contributed by atoms with E-state index in [0.29, 0.717) is 0 Å². The minimum Gasteiger partial charge on any atom is -0.394 e. The number of amides is 1. The number of nitrogens with one attached hydrogen (secondary N) is 1. The van der Waals surface area contributed by atoms with Gasteiger partial charge in [-0.15, -0.1) is 0 Å². The summed E-state index contributed by atoms with van der Waals surface area (Å²) in [5.41, 5.74) is 0. The molecule has 2 rings (SSSR count). The Hall–Kier alpha value is -0.930. The fourth-order valence-corrected chi connectivity index (χ4v) is 3.82. The van der Waals surface area contributed by atoms with Gasteiger partial charge in [0.1, 0.15) is 36.6 Å². The number of carbonyl (C=O) groups is 1. The number of aliphatic hydroxyl groups excluding tert-OH is 7. The molecule has 0 bridgehead atoms. The van der Waals surface area contributed by atoms with Gasteiger partial charge in [0.05, 0.1) is 31.0 Å². The van der Waals surface area contributed by atoms with Crippen LogP contribution in [0.4, 0.5) is 0 Å². The zero-order valence-corrected chi connectivity index (χ0v) is 16.2. The quantitative estimate of drug-likeness (QED) is 0.197. The van der Waals surface area contributed by atoms with E-state index >= 15 is 0 Å². The molecule has 29 heavy (non-hydrogen) atoms. The van der Waals surface area contributed by atoms with Crippen molar-refractivity contribution in [2.45, 2.75) is 93.5 Å². The molecule has 2 fully saturated rings. The van der Waals surface area contributed by atoms with Crippen LogP contribution in [0.2, 0.25) is 0 Å². The Balaban J connectivity index is 2.22. The number of carbonyl (C=O) groups excluding carboxylic acids is 1. The van der Waals surface area contributed by atoms with Crippen molar-refractivity contribution in [2.75, 3.05) is 6.61 Å². The lowest BCUT2D eigenvalue weighted by molar-refractivity contribution is -0.322. The Morgan fingerprint density at radius 1 is 1.17 bits per heavy atom. The first-order chi connectivity index (χ1) is 13.4. The van der Waals surface area contributed by atoms with Gasteiger partial charge in [0.15, 0.2) is 5.79 Å². The third-order valence-corrected chi connectivity index (χ3v) is 5.41. The molecule has 2 aliphatic heterocycles. The van der Waals surface area contributed by atoms with Crippen LogP contribution in [0.5, 0.6) is 0 Å². The first-order valence-corrected chi connectivity index (χ1v) is 9.42. The van der Waals surface area contributed by atoms with Crippen molar-refractivity contribution >= 4 is 5.91 Å². The van der Waals surface area contributed by atoms with E-state index < -0.39 is 92.1 Å². The van der Waals surface area contributed by atoms with E-state index in [9.17, 15) is 40.5 Å². The standard InChI is InChI=1S/C17H31NO11/c1-6-12(23)15(26)14(25)10(28-6)4-17(27)3-8(21)11(18-7(2)20)16(29-17)13(24)9(22)5-19/h6,8-16,19,21-27H,3-5H2,1-2H3,(H,18,20)/t6-,8+,9-,10?,11-,12+,13-,14+,15+,16-,17+/m1/s1. The van der Waals surface area contributed by atoms with Crippen LogP contribution in [0.25, 0.3) is 0 Å². The molecule has 2 aliphatic rings. The molecule has 0 radical (unpaired) electrons. The van der Waals surface area contributed by atoms with E-state index in [1.165, 1.54) is 13.8 Å². The lowest BCUT2D eigenvalue weighted by Crippen LogP contribution is -2.67. The van der Waals surface area contributed by atoms with Gasteiger partial charge in [-0.3, -0.25) is 4.79 Å². The number of hydrogen-bond donors (Lipinski definition) is 9. The van der Waals surface area contributed by atoms with Gasteiger partial charge in [-0.2, -0.15) is 0 Å². The topological polar surface area (TPSA) is 209 Å². The monoisotopic (exact) mass is 425 g/mol. The maximum absolute atomic E-state index is 11.5. The van der Waals surface area contributed by atoms with Crippen LogP contribution in [0.15, 0.2) is 0 Å². The second-order valence-electron chi connectivity index (χ2n) is 7.82. The second kappa shape index (κ2) is 9.47. The van der Waals surface area contributed by atoms with Crippen LogP contribution in [-0.4, -0.2) is 120 Å². The smallest absolute Gasteiger partial charge is 0.217 e. The number of ether oxygens (including phenoxy) is 2. The van der Waals surface area contributed by atoms with Crippen molar-refractivity contribution in [1.82, 2.24) is 5.32 Å². The summed E-state index contributed by atoms with van der Waals surface area (Å²) in [4.78, 5) is 11.5. The van der Waals surface area contributed by atoms with Crippen LogP contribution in [0, 0.1) is 0 Å². The molecule has 11 atom stereocenters. The highest BCUT2D eigenvalue weighted by Crippen LogP contribution is 2.36. The molecule has 0 saturated carbocycles. The van der Waals surface area contributed by atoms with E-state index in [1.54, 1.807) is 0 Å². The molecule has 0 aromatic carbocycles. The molecule has 2 saturated heterocycles. The van der Waals surface area contributed by atoms with Gasteiger partial charge in [0.2, 0.25) is 5.91 Å². The summed E-state index contributed by atoms with van der Waals surface area (Å²) in [5.74, 6) is -2.74. The number of aliphatic hydroxyl groups is 8. The molecule has 0 aromatic heterocycles. The van der Waals surface area contributed by atoms with Crippen LogP contribution < -0.4 is 5.32 Å². The molecule has 12 nitrogen and oxygen atoms in total. The van der Waals surface area contributed by atoms with E-state index in [2.05, 4.69) is 5.32 Å². The Morgan fingerprint density at radius 3 is 2.34 bits per heavy atom. The van der Waals surface area contributed by atoms with Crippen molar-refractivity contribution < 1.29 is 55.1 Å². The van der Waals surface area contributed by atoms with Crippen LogP contribution >= 0.6 is 0 Å². The summed E-state index contributed by atoms with van der Waals surface area (Å²) in [7, 11) is 0. The van der Waals surface area contributed by atoms with Crippen molar-refractivity contribution in [1.29, 1.82) is 0 Å². The van der Waals surface area contributed by atoms with Crippen LogP contribution in [0.1, 0.15) is 26.7 Å². The van der Waals surface area contributed by atoms with Crippen LogP contribution in [0.3, 0.4) is 0 Å². The third kappa shape index (κ3) is 5.41. The van der Waals surface area contributed by atoms with Gasteiger partial charge in [0.25, 0.3) is 0 Å². The fraction of sp³-hybridized carbons (Fsp3) is 0.941. The highest BCUT2D eigenvalue weighted by atomic mass is 16.6. The summed E-state index contributed by atoms with van der Waals surface area (Å²) in [6, 6.07) is -1.20. The van der Waals surface area contributed by atoms with Gasteiger partial charge >= 0.3 is 0 Å². The highest BCUT2D eigenvalue weighted by Gasteiger charge is 2.53. The van der Waals surface area contributed by atoms with Crippen molar-refractivity contribution in [2.24, 2.45) is 0 Å². The van der Waals surface area contributed by atoms with Gasteiger partial charge < -0.3 is 55.6 Å². The van der Waals surface area contributed by atoms with E-state index in [4.69, 9.17) is 14.6 Å². The molecule has 1 unspecified atom stereocenters. The van der Waals surface area contributed by atoms with Gasteiger partial charge in [-0.25, -0.2) is 0 Å². The lowest BCUT2D eigenvalue weighted by Gasteiger charge is -2.49. The molecule has 0 aromatic rings. The normalized spacial score (nSPS) is 45.4. The SMILES string of the molecule is CC(=O)N[C@H]1[C@H]([C@H](O)[C@H](O)CO)O[C@](O)(CC2O[C@H](C)[C@H](O)[C@H](O)[C@H]2O)C[C@@H]1O. The number of hydrogen-bond acceptors (Lipinski definition) is 11. The maximum Gasteiger partial charge on any atom is 0.217 e. The largest absolute Gasteiger partial charge is 0.394 e.